The van der Waals surface area contributed by atoms with Crippen molar-refractivity contribution in [3.05, 3.63) is 29.3 Å². The van der Waals surface area contributed by atoms with Crippen molar-refractivity contribution < 1.29 is 9.53 Å². The molecule has 1 saturated heterocycles. The molecule has 1 aromatic rings. The Labute approximate surface area is 137 Å². The third kappa shape index (κ3) is 5.73. The molecule has 0 aromatic heterocycles. The molecular weight excluding hydrogens is 311 g/mol. The van der Waals surface area contributed by atoms with Crippen LogP contribution in [-0.2, 0) is 4.79 Å². The van der Waals surface area contributed by atoms with Gasteiger partial charge in [-0.15, -0.1) is 12.4 Å². The van der Waals surface area contributed by atoms with Crippen LogP contribution in [-0.4, -0.2) is 43.6 Å². The second kappa shape index (κ2) is 9.13. The van der Waals surface area contributed by atoms with Crippen molar-refractivity contribution >= 4 is 29.9 Å². The lowest BCUT2D eigenvalue weighted by atomic mass is 10.0. The number of benzene rings is 1. The Balaban J connectivity index is 0.00000220. The Kier molecular flexibility index (Phi) is 7.86. The summed E-state index contributed by atoms with van der Waals surface area (Å²) in [6.07, 6.45) is 3.22. The Bertz CT molecular complexity index is 434. The molecule has 1 atom stereocenters. The van der Waals surface area contributed by atoms with Crippen LogP contribution in [0.15, 0.2) is 24.3 Å². The maximum Gasteiger partial charge on any atom is 0.239 e. The molecule has 21 heavy (non-hydrogen) atoms. The number of rotatable bonds is 5. The quantitative estimate of drug-likeness (QED) is 0.901. The van der Waals surface area contributed by atoms with Crippen molar-refractivity contribution in [3.63, 3.8) is 0 Å². The van der Waals surface area contributed by atoms with E-state index in [2.05, 4.69) is 5.32 Å². The van der Waals surface area contributed by atoms with Crippen LogP contribution in [0.4, 0.5) is 0 Å². The summed E-state index contributed by atoms with van der Waals surface area (Å²) in [4.78, 5) is 13.9. The zero-order valence-electron chi connectivity index (χ0n) is 12.2. The van der Waals surface area contributed by atoms with Crippen LogP contribution in [0.25, 0.3) is 0 Å². The van der Waals surface area contributed by atoms with E-state index in [0.717, 1.165) is 31.6 Å². The first-order chi connectivity index (χ1) is 9.66. The van der Waals surface area contributed by atoms with Crippen LogP contribution in [0.2, 0.25) is 5.02 Å². The smallest absolute Gasteiger partial charge is 0.239 e. The number of ether oxygens (including phenoxy) is 1. The number of carbonyl (C=O) groups is 1. The van der Waals surface area contributed by atoms with E-state index in [4.69, 9.17) is 16.3 Å². The van der Waals surface area contributed by atoms with Crippen LogP contribution < -0.4 is 10.1 Å². The first-order valence-electron chi connectivity index (χ1n) is 7.03. The third-order valence-electron chi connectivity index (χ3n) is 3.49. The minimum Gasteiger partial charge on any atom is -0.492 e. The van der Waals surface area contributed by atoms with Gasteiger partial charge in [0, 0.05) is 12.1 Å². The summed E-state index contributed by atoms with van der Waals surface area (Å²) >= 11 is 5.81. The first-order valence-corrected chi connectivity index (χ1v) is 7.41. The van der Waals surface area contributed by atoms with Crippen LogP contribution in [0.3, 0.4) is 0 Å². The van der Waals surface area contributed by atoms with Gasteiger partial charge in [0.1, 0.15) is 12.4 Å². The average Bonchev–Trinajstić information content (AvgIpc) is 2.49. The van der Waals surface area contributed by atoms with E-state index < -0.39 is 0 Å². The minimum atomic E-state index is -0.0238. The van der Waals surface area contributed by atoms with Gasteiger partial charge in [-0.3, -0.25) is 4.79 Å². The van der Waals surface area contributed by atoms with E-state index in [1.807, 2.05) is 19.2 Å². The van der Waals surface area contributed by atoms with Crippen LogP contribution in [0.5, 0.6) is 5.75 Å². The zero-order chi connectivity index (χ0) is 14.4. The van der Waals surface area contributed by atoms with Gasteiger partial charge < -0.3 is 15.0 Å². The molecule has 6 heteroatoms. The molecule has 0 radical (unpaired) electrons. The number of carbonyl (C=O) groups excluding carboxylic acids is 1. The second-order valence-corrected chi connectivity index (χ2v) is 5.50. The summed E-state index contributed by atoms with van der Waals surface area (Å²) in [5.41, 5.74) is 0. The summed E-state index contributed by atoms with van der Waals surface area (Å²) in [5, 5.41) is 3.96. The van der Waals surface area contributed by atoms with Crippen molar-refractivity contribution in [1.29, 1.82) is 0 Å². The molecule has 0 spiro atoms. The molecule has 0 saturated carbocycles. The highest BCUT2D eigenvalue weighted by Crippen LogP contribution is 2.15. The van der Waals surface area contributed by atoms with Gasteiger partial charge in [0.05, 0.1) is 12.6 Å². The van der Waals surface area contributed by atoms with Crippen molar-refractivity contribution in [2.45, 2.75) is 25.3 Å². The Hall–Kier alpha value is -0.970. The van der Waals surface area contributed by atoms with Crippen LogP contribution >= 0.6 is 24.0 Å². The zero-order valence-corrected chi connectivity index (χ0v) is 13.8. The van der Waals surface area contributed by atoms with Crippen LogP contribution in [0.1, 0.15) is 19.3 Å². The lowest BCUT2D eigenvalue weighted by molar-refractivity contribution is -0.133. The summed E-state index contributed by atoms with van der Waals surface area (Å²) in [5.74, 6) is 0.926. The molecule has 0 aliphatic carbocycles. The molecule has 1 N–H and O–H groups in total. The Morgan fingerprint density at radius 3 is 2.71 bits per heavy atom. The molecule has 1 heterocycles. The highest BCUT2D eigenvalue weighted by atomic mass is 35.5. The summed E-state index contributed by atoms with van der Waals surface area (Å²) in [6, 6.07) is 7.21. The van der Waals surface area contributed by atoms with Crippen molar-refractivity contribution in [1.82, 2.24) is 10.2 Å². The number of hydrogen-bond donors (Lipinski definition) is 1. The molecule has 0 unspecified atom stereocenters. The second-order valence-electron chi connectivity index (χ2n) is 5.06. The number of amides is 1. The normalized spacial score (nSPS) is 17.7. The highest BCUT2D eigenvalue weighted by Gasteiger charge is 2.23. The van der Waals surface area contributed by atoms with E-state index >= 15 is 0 Å². The maximum absolute atomic E-state index is 12.2. The van der Waals surface area contributed by atoms with E-state index in [0.29, 0.717) is 18.2 Å². The average molecular weight is 333 g/mol. The highest BCUT2D eigenvalue weighted by molar-refractivity contribution is 6.30. The lowest BCUT2D eigenvalue weighted by Gasteiger charge is -2.27. The lowest BCUT2D eigenvalue weighted by Crippen LogP contribution is -2.48. The molecule has 1 aliphatic heterocycles. The Morgan fingerprint density at radius 1 is 1.38 bits per heavy atom. The number of halogens is 2. The molecular formula is C15H22Cl2N2O2. The molecule has 1 aliphatic rings. The molecule has 1 amide bonds. The van der Waals surface area contributed by atoms with E-state index in [1.165, 1.54) is 0 Å². The number of nitrogens with one attached hydrogen (secondary N) is 1. The van der Waals surface area contributed by atoms with Gasteiger partial charge >= 0.3 is 0 Å². The van der Waals surface area contributed by atoms with Gasteiger partial charge in [-0.1, -0.05) is 18.0 Å². The van der Waals surface area contributed by atoms with Gasteiger partial charge in [-0.25, -0.2) is 0 Å². The SMILES string of the molecule is CN(CCOc1ccc(Cl)cc1)C(=O)[C@H]1CCCCN1.Cl. The van der Waals surface area contributed by atoms with Gasteiger partial charge in [0.2, 0.25) is 5.91 Å². The summed E-state index contributed by atoms with van der Waals surface area (Å²) in [7, 11) is 1.82. The number of piperidine rings is 1. The fraction of sp³-hybridized carbons (Fsp3) is 0.533. The molecule has 4 nitrogen and oxygen atoms in total. The summed E-state index contributed by atoms with van der Waals surface area (Å²) < 4.78 is 5.60. The predicted molar refractivity (Wildman–Crippen MR) is 87.5 cm³/mol. The molecule has 1 fully saturated rings. The van der Waals surface area contributed by atoms with Crippen LogP contribution in [0, 0.1) is 0 Å². The van der Waals surface area contributed by atoms with E-state index in [-0.39, 0.29) is 24.4 Å². The standard InChI is InChI=1S/C15H21ClN2O2.ClH/c1-18(15(19)14-4-2-3-9-17-14)10-11-20-13-7-5-12(16)6-8-13;/h5-8,14,17H,2-4,9-11H2,1H3;1H/t14-;/m1./s1. The predicted octanol–water partition coefficient (Wildman–Crippen LogP) is 2.74. The van der Waals surface area contributed by atoms with Gasteiger partial charge in [-0.2, -0.15) is 0 Å². The van der Waals surface area contributed by atoms with Crippen molar-refractivity contribution in [3.8, 4) is 5.75 Å². The topological polar surface area (TPSA) is 41.6 Å². The monoisotopic (exact) mass is 332 g/mol. The van der Waals surface area contributed by atoms with E-state index in [1.54, 1.807) is 17.0 Å². The maximum atomic E-state index is 12.2. The third-order valence-corrected chi connectivity index (χ3v) is 3.75. The fourth-order valence-corrected chi connectivity index (χ4v) is 2.40. The Morgan fingerprint density at radius 2 is 2.10 bits per heavy atom. The number of nitrogens with zero attached hydrogens (tertiary/aromatic N) is 1. The van der Waals surface area contributed by atoms with Gasteiger partial charge in [0.25, 0.3) is 0 Å². The molecule has 1 aromatic carbocycles. The molecule has 118 valence electrons. The first kappa shape index (κ1) is 18.1. The fourth-order valence-electron chi connectivity index (χ4n) is 2.27. The van der Waals surface area contributed by atoms with Crippen molar-refractivity contribution in [2.24, 2.45) is 0 Å². The van der Waals surface area contributed by atoms with Crippen molar-refractivity contribution in [2.75, 3.05) is 26.7 Å². The number of hydrogen-bond acceptors (Lipinski definition) is 3. The largest absolute Gasteiger partial charge is 0.492 e. The van der Waals surface area contributed by atoms with E-state index in [9.17, 15) is 4.79 Å². The molecule has 2 rings (SSSR count). The van der Waals surface area contributed by atoms with Gasteiger partial charge in [-0.05, 0) is 43.7 Å². The van der Waals surface area contributed by atoms with Gasteiger partial charge in [0.15, 0.2) is 0 Å². The number of likely N-dealkylation sites (N-methyl/N-ethyl adjacent to an activating group) is 1. The summed E-state index contributed by atoms with van der Waals surface area (Å²) in [6.45, 7) is 2.00. The minimum absolute atomic E-state index is 0. The molecule has 0 bridgehead atoms.